The van der Waals surface area contributed by atoms with Gasteiger partial charge in [-0.3, -0.25) is 4.90 Å². The Morgan fingerprint density at radius 2 is 2.00 bits per heavy atom. The molecule has 1 fully saturated rings. The topological polar surface area (TPSA) is 41.9 Å². The lowest BCUT2D eigenvalue weighted by molar-refractivity contribution is -0.0711. The van der Waals surface area contributed by atoms with Crippen LogP contribution < -0.4 is 9.47 Å². The molecule has 1 aromatic carbocycles. The van der Waals surface area contributed by atoms with E-state index in [1.807, 2.05) is 10.2 Å². The molecule has 26 heavy (non-hydrogen) atoms. The number of aliphatic hydroxyl groups is 1. The number of hydrogen-bond donors (Lipinski definition) is 1. The second-order valence-electron chi connectivity index (χ2n) is 7.98. The van der Waals surface area contributed by atoms with Crippen LogP contribution in [-0.4, -0.2) is 42.9 Å². The first-order valence-electron chi connectivity index (χ1n) is 9.41. The minimum Gasteiger partial charge on any atom is -0.493 e. The van der Waals surface area contributed by atoms with Crippen molar-refractivity contribution >= 4 is 22.6 Å². The summed E-state index contributed by atoms with van der Waals surface area (Å²) in [5.41, 5.74) is 1.83. The van der Waals surface area contributed by atoms with Gasteiger partial charge in [0.1, 0.15) is 0 Å². The lowest BCUT2D eigenvalue weighted by Gasteiger charge is -2.51. The molecule has 5 heteroatoms. The molecule has 2 aliphatic rings. The minimum atomic E-state index is -0.756. The largest absolute Gasteiger partial charge is 0.493 e. The highest BCUT2D eigenvalue weighted by atomic mass is 125. The molecule has 2 unspecified atom stereocenters. The summed E-state index contributed by atoms with van der Waals surface area (Å²) in [6, 6.07) is 4.44. The highest BCUT2D eigenvalue weighted by molar-refractivity contribution is 14.1. The molecule has 2 aliphatic heterocycles. The van der Waals surface area contributed by atoms with E-state index in [0.717, 1.165) is 43.9 Å². The summed E-state index contributed by atoms with van der Waals surface area (Å²) in [6.07, 6.45) is 4.79. The van der Waals surface area contributed by atoms with Crippen molar-refractivity contribution in [3.63, 3.8) is 0 Å². The van der Waals surface area contributed by atoms with Crippen molar-refractivity contribution in [2.45, 2.75) is 44.8 Å². The first-order valence-corrected chi connectivity index (χ1v) is 10.7. The van der Waals surface area contributed by atoms with Gasteiger partial charge in [0.15, 0.2) is 11.5 Å². The predicted octanol–water partition coefficient (Wildman–Crippen LogP) is 4.35. The Kier molecular flexibility index (Phi) is 6.19. The zero-order valence-corrected chi connectivity index (χ0v) is 18.3. The highest BCUT2D eigenvalue weighted by Crippen LogP contribution is 2.47. The van der Waals surface area contributed by atoms with Gasteiger partial charge < -0.3 is 14.6 Å². The normalized spacial score (nSPS) is 28.9. The zero-order valence-electron chi connectivity index (χ0n) is 16.2. The maximum Gasteiger partial charge on any atom is 0.161 e. The summed E-state index contributed by atoms with van der Waals surface area (Å²) in [7, 11) is 3.36. The molecule has 0 amide bonds. The monoisotopic (exact) mass is 469 g/mol. The molecule has 0 saturated carbocycles. The lowest BCUT2D eigenvalue weighted by Crippen LogP contribution is -2.54. The molecule has 1 aromatic rings. The van der Waals surface area contributed by atoms with E-state index in [-0.39, 0.29) is 12.0 Å². The zero-order chi connectivity index (χ0) is 18.9. The summed E-state index contributed by atoms with van der Waals surface area (Å²) >= 11 is 2.22. The van der Waals surface area contributed by atoms with Gasteiger partial charge in [0, 0.05) is 25.0 Å². The standard InChI is InChI=1S/C21H30INO3/c1-14(2)9-16-13-23-8-5-15-10-19(25-3)20(26-4)11-17(15)18(23)12-21(16,24)6-7-22/h6-7,10-11,14,16,18,24H,5,8-9,12-13H2,1-4H3/b7-6+/t16?,18-,21?/m0/s1/i22-2. The minimum absolute atomic E-state index is 0.222. The Morgan fingerprint density at radius 3 is 2.62 bits per heavy atom. The Bertz CT molecular complexity index is 675. The Hall–Kier alpha value is -0.790. The van der Waals surface area contributed by atoms with Gasteiger partial charge in [-0.15, -0.1) is 0 Å². The van der Waals surface area contributed by atoms with Crippen molar-refractivity contribution in [2.24, 2.45) is 11.8 Å². The van der Waals surface area contributed by atoms with Crippen LogP contribution in [0, 0.1) is 11.8 Å². The van der Waals surface area contributed by atoms with Gasteiger partial charge in [-0.2, -0.15) is 0 Å². The van der Waals surface area contributed by atoms with Crippen LogP contribution in [0.4, 0.5) is 0 Å². The first kappa shape index (κ1) is 20.0. The van der Waals surface area contributed by atoms with Gasteiger partial charge in [0.2, 0.25) is 0 Å². The van der Waals surface area contributed by atoms with Crippen LogP contribution >= 0.6 is 22.6 Å². The molecule has 2 heterocycles. The summed E-state index contributed by atoms with van der Waals surface area (Å²) in [4.78, 5) is 2.55. The van der Waals surface area contributed by atoms with Crippen LogP contribution in [0.1, 0.15) is 43.9 Å². The van der Waals surface area contributed by atoms with E-state index >= 15 is 0 Å². The van der Waals surface area contributed by atoms with Crippen molar-refractivity contribution in [1.29, 1.82) is 0 Å². The summed E-state index contributed by atoms with van der Waals surface area (Å²) in [6.45, 7) is 6.45. The summed E-state index contributed by atoms with van der Waals surface area (Å²) in [5.74, 6) is 2.40. The molecule has 3 rings (SSSR count). The molecule has 144 valence electrons. The molecule has 1 saturated heterocycles. The van der Waals surface area contributed by atoms with E-state index in [1.165, 1.54) is 11.1 Å². The fraction of sp³-hybridized carbons (Fsp3) is 0.619. The van der Waals surface area contributed by atoms with E-state index in [1.54, 1.807) is 14.2 Å². The number of piperidine rings is 1. The Morgan fingerprint density at radius 1 is 1.31 bits per heavy atom. The molecular formula is C21H30INO3. The quantitative estimate of drug-likeness (QED) is 0.652. The van der Waals surface area contributed by atoms with E-state index in [4.69, 9.17) is 9.47 Å². The number of fused-ring (bicyclic) bond motifs is 3. The van der Waals surface area contributed by atoms with E-state index < -0.39 is 5.60 Å². The van der Waals surface area contributed by atoms with Gasteiger partial charge in [-0.25, -0.2) is 0 Å². The molecule has 0 aromatic heterocycles. The van der Waals surface area contributed by atoms with Gasteiger partial charge in [0.25, 0.3) is 0 Å². The number of methoxy groups -OCH3 is 2. The van der Waals surface area contributed by atoms with E-state index in [9.17, 15) is 5.11 Å². The number of halogens is 1. The molecule has 0 radical (unpaired) electrons. The van der Waals surface area contributed by atoms with Gasteiger partial charge in [0.05, 0.1) is 19.8 Å². The van der Waals surface area contributed by atoms with Gasteiger partial charge in [-0.1, -0.05) is 36.4 Å². The number of rotatable bonds is 5. The van der Waals surface area contributed by atoms with Crippen molar-refractivity contribution in [2.75, 3.05) is 27.3 Å². The molecular weight excluding hydrogens is 439 g/mol. The van der Waals surface area contributed by atoms with Crippen LogP contribution in [0.5, 0.6) is 11.5 Å². The maximum absolute atomic E-state index is 11.5. The molecule has 1 N–H and O–H groups in total. The Balaban J connectivity index is 1.98. The van der Waals surface area contributed by atoms with Crippen LogP contribution in [0.3, 0.4) is 0 Å². The third-order valence-corrected chi connectivity index (χ3v) is 6.26. The number of ether oxygens (including phenoxy) is 2. The maximum atomic E-state index is 11.5. The van der Waals surface area contributed by atoms with Gasteiger partial charge >= 0.3 is 0 Å². The van der Waals surface area contributed by atoms with Crippen molar-refractivity contribution in [3.8, 4) is 11.5 Å². The number of hydrogen-bond acceptors (Lipinski definition) is 4. The number of nitrogens with zero attached hydrogens (tertiary/aromatic N) is 1. The summed E-state index contributed by atoms with van der Waals surface area (Å²) < 4.78 is 13.0. The fourth-order valence-corrected chi connectivity index (χ4v) is 5.24. The molecule has 0 aliphatic carbocycles. The van der Waals surface area contributed by atoms with Crippen molar-refractivity contribution in [1.82, 2.24) is 4.90 Å². The number of benzene rings is 1. The van der Waals surface area contributed by atoms with E-state index in [2.05, 4.69) is 53.5 Å². The Labute approximate surface area is 170 Å². The second kappa shape index (κ2) is 8.07. The average Bonchev–Trinajstić information content (AvgIpc) is 2.61. The predicted molar refractivity (Wildman–Crippen MR) is 113 cm³/mol. The highest BCUT2D eigenvalue weighted by Gasteiger charge is 2.46. The fourth-order valence-electron chi connectivity index (χ4n) is 4.62. The van der Waals surface area contributed by atoms with Crippen LogP contribution in [0.25, 0.3) is 0 Å². The van der Waals surface area contributed by atoms with Crippen molar-refractivity contribution in [3.05, 3.63) is 33.4 Å². The molecule has 4 nitrogen and oxygen atoms in total. The lowest BCUT2D eigenvalue weighted by atomic mass is 9.71. The first-order chi connectivity index (χ1) is 12.4. The third-order valence-electron chi connectivity index (χ3n) is 5.90. The second-order valence-corrected chi connectivity index (χ2v) is 8.70. The molecule has 0 bridgehead atoms. The average molecular weight is 469 g/mol. The smallest absolute Gasteiger partial charge is 0.161 e. The molecule has 0 spiro atoms. The van der Waals surface area contributed by atoms with E-state index in [0.29, 0.717) is 5.92 Å². The molecule has 3 atom stereocenters. The third kappa shape index (κ3) is 3.76. The van der Waals surface area contributed by atoms with Crippen molar-refractivity contribution < 1.29 is 14.6 Å². The van der Waals surface area contributed by atoms with Gasteiger partial charge in [-0.05, 0) is 58.6 Å². The summed E-state index contributed by atoms with van der Waals surface area (Å²) in [5, 5.41) is 11.5. The SMILES string of the molecule is COc1cc2c(cc1OC)[C@@H]1CC(O)(/C=C/[125I])C(CC(C)C)CN1CC2. The van der Waals surface area contributed by atoms with Crippen LogP contribution in [0.2, 0.25) is 0 Å². The van der Waals surface area contributed by atoms with Crippen LogP contribution in [0.15, 0.2) is 22.3 Å². The van der Waals surface area contributed by atoms with Crippen LogP contribution in [-0.2, 0) is 6.42 Å².